The number of pyridine rings is 1. The normalized spacial score (nSPS) is 20.0. The first kappa shape index (κ1) is 28.5. The van der Waals surface area contributed by atoms with Crippen molar-refractivity contribution in [2.75, 3.05) is 13.2 Å². The van der Waals surface area contributed by atoms with Crippen LogP contribution < -0.4 is 27.3 Å². The number of carbonyl (C=O) groups is 3. The molecule has 1 amide bonds. The van der Waals surface area contributed by atoms with Crippen LogP contribution in [-0.4, -0.2) is 49.4 Å². The van der Waals surface area contributed by atoms with Crippen molar-refractivity contribution >= 4 is 17.8 Å². The predicted molar refractivity (Wildman–Crippen MR) is 130 cm³/mol. The Morgan fingerprint density at radius 3 is 2.11 bits per heavy atom. The number of nitrogens with zero attached hydrogens (tertiary/aromatic N) is 1. The van der Waals surface area contributed by atoms with Gasteiger partial charge in [-0.15, -0.1) is 6.42 Å². The van der Waals surface area contributed by atoms with Gasteiger partial charge >= 0.3 is 18.2 Å². The number of terminal acetylenes is 1. The Kier molecular flexibility index (Phi) is 10.1. The topological polar surface area (TPSA) is 118 Å². The molecule has 3 aromatic rings. The first-order chi connectivity index (χ1) is 18.0. The molecule has 4 atom stereocenters. The molecule has 1 fully saturated rings. The van der Waals surface area contributed by atoms with Gasteiger partial charge in [0.25, 0.3) is 5.91 Å². The monoisotopic (exact) mass is 580 g/mol. The van der Waals surface area contributed by atoms with Crippen LogP contribution in [0.2, 0.25) is 0 Å². The minimum absolute atomic E-state index is 0. The zero-order valence-electron chi connectivity index (χ0n) is 20.1. The molecule has 0 radical (unpaired) electrons. The maximum Gasteiger partial charge on any atom is 0.338 e. The second-order valence-electron chi connectivity index (χ2n) is 8.15. The van der Waals surface area contributed by atoms with Crippen molar-refractivity contribution in [1.29, 1.82) is 0 Å². The van der Waals surface area contributed by atoms with Crippen LogP contribution in [0.5, 0.6) is 0 Å². The van der Waals surface area contributed by atoms with Crippen LogP contribution in [0.3, 0.4) is 0 Å². The Labute approximate surface area is 230 Å². The SMILES string of the molecule is C#CCO[C@H]1[C@@H](OC(=O)c2ccccc2)[C@H]([n+]2cccc(C(N)=O)c2)O[C@@H]1COC(=O)c1ccccc1.[Br-]. The summed E-state index contributed by atoms with van der Waals surface area (Å²) >= 11 is 0. The molecule has 0 unspecified atom stereocenters. The Morgan fingerprint density at radius 1 is 0.895 bits per heavy atom. The number of esters is 2. The second kappa shape index (κ2) is 13.5. The highest BCUT2D eigenvalue weighted by Crippen LogP contribution is 2.32. The van der Waals surface area contributed by atoms with E-state index in [-0.39, 0.29) is 35.8 Å². The summed E-state index contributed by atoms with van der Waals surface area (Å²) in [6, 6.07) is 20.1. The number of primary amides is 1. The van der Waals surface area contributed by atoms with E-state index in [1.54, 1.807) is 83.6 Å². The molecule has 2 aromatic carbocycles. The molecule has 1 aliphatic rings. The summed E-state index contributed by atoms with van der Waals surface area (Å²) in [5.41, 5.74) is 6.36. The van der Waals surface area contributed by atoms with Gasteiger partial charge in [0.2, 0.25) is 6.10 Å². The molecule has 2 heterocycles. The molecule has 2 N–H and O–H groups in total. The fraction of sp³-hybridized carbons (Fsp3) is 0.214. The van der Waals surface area contributed by atoms with Crippen LogP contribution in [0.15, 0.2) is 85.2 Å². The van der Waals surface area contributed by atoms with Crippen molar-refractivity contribution in [3.05, 3.63) is 102 Å². The highest BCUT2D eigenvalue weighted by Gasteiger charge is 2.53. The zero-order valence-corrected chi connectivity index (χ0v) is 21.7. The van der Waals surface area contributed by atoms with Gasteiger partial charge in [0.05, 0.1) is 11.1 Å². The summed E-state index contributed by atoms with van der Waals surface area (Å²) in [5.74, 6) is 0.595. The second-order valence-corrected chi connectivity index (χ2v) is 8.15. The molecule has 38 heavy (non-hydrogen) atoms. The van der Waals surface area contributed by atoms with Crippen LogP contribution in [0.25, 0.3) is 0 Å². The number of rotatable bonds is 9. The van der Waals surface area contributed by atoms with Gasteiger partial charge in [-0.3, -0.25) is 4.79 Å². The quantitative estimate of drug-likeness (QED) is 0.197. The van der Waals surface area contributed by atoms with E-state index < -0.39 is 42.4 Å². The summed E-state index contributed by atoms with van der Waals surface area (Å²) in [6.07, 6.45) is 4.87. The van der Waals surface area contributed by atoms with Crippen LogP contribution in [0.1, 0.15) is 37.3 Å². The molecule has 10 heteroatoms. The van der Waals surface area contributed by atoms with E-state index in [2.05, 4.69) is 5.92 Å². The molecule has 0 spiro atoms. The Hall–Kier alpha value is -4.04. The van der Waals surface area contributed by atoms with E-state index in [0.29, 0.717) is 11.1 Å². The number of halogens is 1. The van der Waals surface area contributed by atoms with Crippen LogP contribution >= 0.6 is 0 Å². The van der Waals surface area contributed by atoms with Gasteiger partial charge in [-0.1, -0.05) is 42.3 Å². The van der Waals surface area contributed by atoms with Gasteiger partial charge in [-0.05, 0) is 30.3 Å². The third kappa shape index (κ3) is 6.83. The molecule has 1 aromatic heterocycles. The van der Waals surface area contributed by atoms with Gasteiger partial charge < -0.3 is 41.7 Å². The number of hydrogen-bond acceptors (Lipinski definition) is 7. The van der Waals surface area contributed by atoms with Crippen LogP contribution in [0.4, 0.5) is 0 Å². The van der Waals surface area contributed by atoms with Crippen LogP contribution in [0, 0.1) is 12.3 Å². The number of carbonyl (C=O) groups excluding carboxylic acids is 3. The number of amides is 1. The molecule has 0 bridgehead atoms. The first-order valence-electron chi connectivity index (χ1n) is 11.5. The molecule has 9 nitrogen and oxygen atoms in total. The molecule has 1 aliphatic heterocycles. The lowest BCUT2D eigenvalue weighted by atomic mass is 10.1. The van der Waals surface area contributed by atoms with E-state index >= 15 is 0 Å². The number of nitrogens with two attached hydrogens (primary N) is 1. The van der Waals surface area contributed by atoms with E-state index in [9.17, 15) is 14.4 Å². The van der Waals surface area contributed by atoms with Crippen molar-refractivity contribution in [3.63, 3.8) is 0 Å². The van der Waals surface area contributed by atoms with Crippen molar-refractivity contribution in [1.82, 2.24) is 0 Å². The largest absolute Gasteiger partial charge is 1.00 e. The summed E-state index contributed by atoms with van der Waals surface area (Å²) in [6.45, 7) is -0.301. The van der Waals surface area contributed by atoms with Crippen molar-refractivity contribution in [2.45, 2.75) is 24.5 Å². The van der Waals surface area contributed by atoms with Gasteiger partial charge in [-0.2, -0.15) is 4.57 Å². The highest BCUT2D eigenvalue weighted by molar-refractivity contribution is 5.92. The Bertz CT molecular complexity index is 1300. The summed E-state index contributed by atoms with van der Waals surface area (Å²) in [4.78, 5) is 37.3. The molecular formula is C28H25BrN2O7. The van der Waals surface area contributed by atoms with Gasteiger partial charge in [-0.25, -0.2) is 9.59 Å². The zero-order chi connectivity index (χ0) is 26.2. The number of ether oxygens (including phenoxy) is 4. The lowest BCUT2D eigenvalue weighted by Gasteiger charge is -2.22. The lowest BCUT2D eigenvalue weighted by Crippen LogP contribution is -3.00. The molecule has 0 aliphatic carbocycles. The van der Waals surface area contributed by atoms with E-state index in [1.165, 1.54) is 6.20 Å². The van der Waals surface area contributed by atoms with E-state index in [4.69, 9.17) is 31.1 Å². The van der Waals surface area contributed by atoms with Crippen molar-refractivity contribution in [3.8, 4) is 12.3 Å². The Morgan fingerprint density at radius 2 is 1.50 bits per heavy atom. The maximum atomic E-state index is 13.0. The third-order valence-electron chi connectivity index (χ3n) is 5.69. The fourth-order valence-electron chi connectivity index (χ4n) is 3.93. The molecule has 1 saturated heterocycles. The Balaban J connectivity index is 0.00000400. The minimum atomic E-state index is -1.00. The van der Waals surface area contributed by atoms with E-state index in [0.717, 1.165) is 0 Å². The number of hydrogen-bond donors (Lipinski definition) is 1. The average molecular weight is 581 g/mol. The van der Waals surface area contributed by atoms with Crippen molar-refractivity contribution < 1.29 is 54.9 Å². The molecular weight excluding hydrogens is 556 g/mol. The standard InChI is InChI=1S/C28H24N2O7.BrH/c1-2-16-34-23-22(18-35-27(32)19-10-5-3-6-11-19)36-26(30-15-9-14-21(17-30)25(29)31)24(23)37-28(33)20-12-7-4-8-13-20;/h1,3-15,17,22-24,26H,16,18H2,(H-,29,31);1H/t22-,23-,24-,26-;/m1./s1. The van der Waals surface area contributed by atoms with Gasteiger partial charge in [0.15, 0.2) is 12.4 Å². The number of aromatic nitrogens is 1. The summed E-state index contributed by atoms with van der Waals surface area (Å²) in [5, 5.41) is 0. The van der Waals surface area contributed by atoms with Crippen molar-refractivity contribution in [2.24, 2.45) is 5.73 Å². The number of benzene rings is 2. The van der Waals surface area contributed by atoms with E-state index in [1.807, 2.05) is 0 Å². The lowest BCUT2D eigenvalue weighted by molar-refractivity contribution is -0.765. The van der Waals surface area contributed by atoms with Gasteiger partial charge in [0, 0.05) is 6.07 Å². The molecule has 4 rings (SSSR count). The first-order valence-corrected chi connectivity index (χ1v) is 11.5. The highest BCUT2D eigenvalue weighted by atomic mass is 79.9. The smallest absolute Gasteiger partial charge is 0.338 e. The summed E-state index contributed by atoms with van der Waals surface area (Å²) < 4.78 is 24.9. The maximum absolute atomic E-state index is 13.0. The fourth-order valence-corrected chi connectivity index (χ4v) is 3.93. The summed E-state index contributed by atoms with van der Waals surface area (Å²) in [7, 11) is 0. The average Bonchev–Trinajstić information content (AvgIpc) is 3.28. The van der Waals surface area contributed by atoms with Gasteiger partial charge in [0.1, 0.15) is 31.0 Å². The van der Waals surface area contributed by atoms with Crippen LogP contribution in [-0.2, 0) is 18.9 Å². The third-order valence-corrected chi connectivity index (χ3v) is 5.69. The predicted octanol–water partition coefficient (Wildman–Crippen LogP) is -0.925. The molecule has 196 valence electrons. The molecule has 0 saturated carbocycles. The minimum Gasteiger partial charge on any atom is -1.00 e.